The standard InChI is InChI=1S/C11H19NO3/c13-11(14)10-2-1-4-12(6-10)5-3-9-7-15-8-9/h9-10H,1-8H2,(H,13,14). The number of likely N-dealkylation sites (tertiary alicyclic amines) is 1. The van der Waals surface area contributed by atoms with Crippen LogP contribution in [-0.4, -0.2) is 48.8 Å². The zero-order valence-electron chi connectivity index (χ0n) is 9.02. The third-order valence-corrected chi connectivity index (χ3v) is 3.42. The molecule has 4 nitrogen and oxygen atoms in total. The Morgan fingerprint density at radius 3 is 2.87 bits per heavy atom. The first-order valence-electron chi connectivity index (χ1n) is 5.78. The van der Waals surface area contributed by atoms with Crippen LogP contribution in [0.2, 0.25) is 0 Å². The summed E-state index contributed by atoms with van der Waals surface area (Å²) >= 11 is 0. The molecular formula is C11H19NO3. The van der Waals surface area contributed by atoms with E-state index < -0.39 is 5.97 Å². The summed E-state index contributed by atoms with van der Waals surface area (Å²) in [5, 5.41) is 8.94. The van der Waals surface area contributed by atoms with Crippen molar-refractivity contribution < 1.29 is 14.6 Å². The van der Waals surface area contributed by atoms with Gasteiger partial charge in [-0.1, -0.05) is 0 Å². The van der Waals surface area contributed by atoms with Crippen molar-refractivity contribution in [2.24, 2.45) is 11.8 Å². The van der Waals surface area contributed by atoms with E-state index in [0.717, 1.165) is 58.0 Å². The number of carboxylic acids is 1. The number of nitrogens with zero attached hydrogens (tertiary/aromatic N) is 1. The molecule has 86 valence electrons. The first-order valence-corrected chi connectivity index (χ1v) is 5.78. The molecule has 0 radical (unpaired) electrons. The molecule has 2 aliphatic rings. The van der Waals surface area contributed by atoms with Crippen LogP contribution in [0.15, 0.2) is 0 Å². The second-order valence-corrected chi connectivity index (χ2v) is 4.67. The van der Waals surface area contributed by atoms with Crippen LogP contribution in [-0.2, 0) is 9.53 Å². The summed E-state index contributed by atoms with van der Waals surface area (Å²) in [6.45, 7) is 4.64. The molecule has 0 aromatic rings. The van der Waals surface area contributed by atoms with Gasteiger partial charge in [0.05, 0.1) is 19.1 Å². The average molecular weight is 213 g/mol. The SMILES string of the molecule is O=C(O)C1CCCN(CCC2COC2)C1. The van der Waals surface area contributed by atoms with E-state index in [1.807, 2.05) is 0 Å². The van der Waals surface area contributed by atoms with E-state index in [2.05, 4.69) is 4.90 Å². The summed E-state index contributed by atoms with van der Waals surface area (Å²) in [7, 11) is 0. The quantitative estimate of drug-likeness (QED) is 0.751. The maximum atomic E-state index is 10.9. The molecular weight excluding hydrogens is 194 g/mol. The van der Waals surface area contributed by atoms with Gasteiger partial charge >= 0.3 is 5.97 Å². The second kappa shape index (κ2) is 4.94. The van der Waals surface area contributed by atoms with Crippen molar-refractivity contribution in [3.8, 4) is 0 Å². The summed E-state index contributed by atoms with van der Waals surface area (Å²) in [6.07, 6.45) is 3.03. The predicted octanol–water partition coefficient (Wildman–Crippen LogP) is 0.820. The third kappa shape index (κ3) is 2.92. The average Bonchev–Trinajstić information content (AvgIpc) is 2.16. The number of aliphatic carboxylic acids is 1. The number of piperidine rings is 1. The van der Waals surface area contributed by atoms with Crippen molar-refractivity contribution in [1.29, 1.82) is 0 Å². The summed E-state index contributed by atoms with van der Waals surface area (Å²) in [5.74, 6) is -0.0572. The number of carboxylic acid groups (broad SMARTS) is 1. The topological polar surface area (TPSA) is 49.8 Å². The number of hydrogen-bond donors (Lipinski definition) is 1. The van der Waals surface area contributed by atoms with E-state index >= 15 is 0 Å². The molecule has 1 N–H and O–H groups in total. The molecule has 15 heavy (non-hydrogen) atoms. The van der Waals surface area contributed by atoms with Crippen LogP contribution in [0.3, 0.4) is 0 Å². The molecule has 0 amide bonds. The largest absolute Gasteiger partial charge is 0.481 e. The van der Waals surface area contributed by atoms with Gasteiger partial charge in [0.1, 0.15) is 0 Å². The molecule has 1 unspecified atom stereocenters. The van der Waals surface area contributed by atoms with Gasteiger partial charge in [0.15, 0.2) is 0 Å². The Morgan fingerprint density at radius 2 is 2.27 bits per heavy atom. The Bertz CT molecular complexity index is 228. The summed E-state index contributed by atoms with van der Waals surface area (Å²) in [5.41, 5.74) is 0. The minimum atomic E-state index is -0.633. The second-order valence-electron chi connectivity index (χ2n) is 4.67. The lowest BCUT2D eigenvalue weighted by molar-refractivity contribution is -0.143. The van der Waals surface area contributed by atoms with E-state index in [-0.39, 0.29) is 5.92 Å². The fourth-order valence-corrected chi connectivity index (χ4v) is 2.28. The van der Waals surface area contributed by atoms with Gasteiger partial charge in [0.2, 0.25) is 0 Å². The zero-order valence-corrected chi connectivity index (χ0v) is 9.02. The van der Waals surface area contributed by atoms with Gasteiger partial charge < -0.3 is 14.7 Å². The Morgan fingerprint density at radius 1 is 1.47 bits per heavy atom. The van der Waals surface area contributed by atoms with Crippen molar-refractivity contribution in [2.45, 2.75) is 19.3 Å². The maximum absolute atomic E-state index is 10.9. The lowest BCUT2D eigenvalue weighted by Gasteiger charge is -2.33. The number of ether oxygens (including phenoxy) is 1. The predicted molar refractivity (Wildman–Crippen MR) is 55.7 cm³/mol. The molecule has 2 saturated heterocycles. The summed E-state index contributed by atoms with van der Waals surface area (Å²) in [4.78, 5) is 13.2. The smallest absolute Gasteiger partial charge is 0.307 e. The monoisotopic (exact) mass is 213 g/mol. The fraction of sp³-hybridized carbons (Fsp3) is 0.909. The summed E-state index contributed by atoms with van der Waals surface area (Å²) < 4.78 is 5.12. The molecule has 0 aliphatic carbocycles. The highest BCUT2D eigenvalue weighted by Crippen LogP contribution is 2.19. The van der Waals surface area contributed by atoms with Crippen LogP contribution in [0.4, 0.5) is 0 Å². The van der Waals surface area contributed by atoms with Crippen molar-refractivity contribution in [2.75, 3.05) is 32.8 Å². The van der Waals surface area contributed by atoms with Gasteiger partial charge in [-0.15, -0.1) is 0 Å². The Hall–Kier alpha value is -0.610. The number of hydrogen-bond acceptors (Lipinski definition) is 3. The first kappa shape index (κ1) is 10.9. The minimum absolute atomic E-state index is 0.142. The molecule has 0 aromatic heterocycles. The van der Waals surface area contributed by atoms with Crippen molar-refractivity contribution >= 4 is 5.97 Å². The maximum Gasteiger partial charge on any atom is 0.307 e. The molecule has 2 fully saturated rings. The molecule has 0 bridgehead atoms. The highest BCUT2D eigenvalue weighted by molar-refractivity contribution is 5.70. The van der Waals surface area contributed by atoms with Gasteiger partial charge in [-0.3, -0.25) is 4.79 Å². The van der Waals surface area contributed by atoms with Crippen molar-refractivity contribution in [3.05, 3.63) is 0 Å². The van der Waals surface area contributed by atoms with Gasteiger partial charge in [-0.2, -0.15) is 0 Å². The summed E-state index contributed by atoms with van der Waals surface area (Å²) in [6, 6.07) is 0. The van der Waals surface area contributed by atoms with Crippen LogP contribution in [0.1, 0.15) is 19.3 Å². The highest BCUT2D eigenvalue weighted by atomic mass is 16.5. The molecule has 2 heterocycles. The van der Waals surface area contributed by atoms with Crippen LogP contribution < -0.4 is 0 Å². The first-order chi connectivity index (χ1) is 7.25. The normalized spacial score (nSPS) is 28.7. The van der Waals surface area contributed by atoms with Crippen LogP contribution in [0.25, 0.3) is 0 Å². The molecule has 0 aromatic carbocycles. The van der Waals surface area contributed by atoms with Gasteiger partial charge in [-0.05, 0) is 32.4 Å². The van der Waals surface area contributed by atoms with Crippen LogP contribution >= 0.6 is 0 Å². The Kier molecular flexibility index (Phi) is 3.59. The van der Waals surface area contributed by atoms with Crippen LogP contribution in [0.5, 0.6) is 0 Å². The number of carbonyl (C=O) groups is 1. The van der Waals surface area contributed by atoms with Gasteiger partial charge in [0.25, 0.3) is 0 Å². The minimum Gasteiger partial charge on any atom is -0.481 e. The van der Waals surface area contributed by atoms with Crippen molar-refractivity contribution in [3.63, 3.8) is 0 Å². The Balaban J connectivity index is 1.69. The molecule has 2 rings (SSSR count). The molecule has 4 heteroatoms. The van der Waals surface area contributed by atoms with Crippen LogP contribution in [0, 0.1) is 11.8 Å². The lowest BCUT2D eigenvalue weighted by Crippen LogP contribution is -2.41. The highest BCUT2D eigenvalue weighted by Gasteiger charge is 2.26. The zero-order chi connectivity index (χ0) is 10.7. The van der Waals surface area contributed by atoms with Gasteiger partial charge in [0, 0.05) is 12.5 Å². The number of rotatable bonds is 4. The van der Waals surface area contributed by atoms with E-state index in [9.17, 15) is 4.79 Å². The van der Waals surface area contributed by atoms with E-state index in [1.165, 1.54) is 0 Å². The van der Waals surface area contributed by atoms with Crippen molar-refractivity contribution in [1.82, 2.24) is 4.90 Å². The molecule has 0 spiro atoms. The van der Waals surface area contributed by atoms with E-state index in [0.29, 0.717) is 0 Å². The van der Waals surface area contributed by atoms with E-state index in [4.69, 9.17) is 9.84 Å². The Labute approximate surface area is 90.2 Å². The molecule has 2 aliphatic heterocycles. The molecule has 0 saturated carbocycles. The lowest BCUT2D eigenvalue weighted by atomic mass is 9.97. The van der Waals surface area contributed by atoms with E-state index in [1.54, 1.807) is 0 Å². The fourth-order valence-electron chi connectivity index (χ4n) is 2.28. The van der Waals surface area contributed by atoms with Gasteiger partial charge in [-0.25, -0.2) is 0 Å². The molecule has 1 atom stereocenters. The third-order valence-electron chi connectivity index (χ3n) is 3.42.